The average molecular weight is 2180 g/mol. The van der Waals surface area contributed by atoms with Gasteiger partial charge in [0.15, 0.2) is 41.5 Å². The number of benzene rings is 5. The molecule has 10 aromatic rings. The number of ketones is 5. The van der Waals surface area contributed by atoms with Gasteiger partial charge < -0.3 is 73.5 Å². The molecule has 0 spiro atoms. The van der Waals surface area contributed by atoms with E-state index in [0.29, 0.717) is 74.6 Å². The Balaban J connectivity index is 0.000000155. The number of alkyl halides is 9. The minimum absolute atomic E-state index is 0.0324. The number of halogens is 11. The number of fused-ring (bicyclic) bond motifs is 5. The van der Waals surface area contributed by atoms with Gasteiger partial charge in [0.25, 0.3) is 0 Å². The van der Waals surface area contributed by atoms with Gasteiger partial charge in [-0.25, -0.2) is 0 Å². The molecule has 0 radical (unpaired) electrons. The predicted molar refractivity (Wildman–Crippen MR) is 559 cm³/mol. The fourth-order valence-corrected chi connectivity index (χ4v) is 19.3. The number of likely N-dealkylation sites (N-methyl/N-ethyl adjacent to an activating group) is 5. The quantitative estimate of drug-likeness (QED) is 0.0581. The maximum absolute atomic E-state index is 13.3. The summed E-state index contributed by atoms with van der Waals surface area (Å²) in [4.78, 5) is 119. The lowest BCUT2D eigenvalue weighted by Gasteiger charge is -2.35. The van der Waals surface area contributed by atoms with Gasteiger partial charge in [-0.2, -0.15) is 39.5 Å². The smallest absolute Gasteiger partial charge is 0.418 e. The molecular formula is C110H124Br2F9N15O12. The van der Waals surface area contributed by atoms with Crippen LogP contribution < -0.4 is 49.0 Å². The molecule has 5 fully saturated rings. The van der Waals surface area contributed by atoms with Crippen LogP contribution >= 0.6 is 31.9 Å². The fraction of sp³-hybridized carbons (Fsp3) is 0.400. The first-order valence-electron chi connectivity index (χ1n) is 48.6. The lowest BCUT2D eigenvalue weighted by molar-refractivity contribution is -0.139. The number of hydrogen-bond donors (Lipinski definition) is 2. The van der Waals surface area contributed by atoms with E-state index in [1.165, 1.54) is 87.8 Å². The monoisotopic (exact) mass is 2180 g/mol. The third kappa shape index (κ3) is 30.2. The Morgan fingerprint density at radius 1 is 0.365 bits per heavy atom. The van der Waals surface area contributed by atoms with Crippen molar-refractivity contribution >= 4 is 103 Å². The minimum atomic E-state index is -4.53. The summed E-state index contributed by atoms with van der Waals surface area (Å²) in [5, 5.41) is 6.55. The molecule has 2 N–H and O–H groups in total. The van der Waals surface area contributed by atoms with Crippen LogP contribution in [0.1, 0.15) is 158 Å². The highest BCUT2D eigenvalue weighted by Gasteiger charge is 2.41. The largest absolute Gasteiger partial charge is 0.496 e. The second kappa shape index (κ2) is 53.1. The van der Waals surface area contributed by atoms with Crippen molar-refractivity contribution in [3.8, 4) is 28.7 Å². The number of methoxy groups -OCH3 is 5. The van der Waals surface area contributed by atoms with Crippen molar-refractivity contribution in [3.63, 3.8) is 0 Å². The molecule has 5 aromatic heterocycles. The van der Waals surface area contributed by atoms with Gasteiger partial charge in [-0.3, -0.25) is 58.5 Å². The summed E-state index contributed by atoms with van der Waals surface area (Å²) in [6.45, 7) is 24.5. The molecule has 1 atom stereocenters. The summed E-state index contributed by atoms with van der Waals surface area (Å²) >= 11 is 6.73. The molecule has 10 aliphatic rings. The topological polar surface area (TPSA) is 280 Å². The van der Waals surface area contributed by atoms with Gasteiger partial charge in [0.1, 0.15) is 40.1 Å². The first-order chi connectivity index (χ1) is 70.7. The van der Waals surface area contributed by atoms with Crippen molar-refractivity contribution in [2.45, 2.75) is 83.7 Å². The molecule has 1 unspecified atom stereocenters. The number of carbonyl (C=O) groups is 7. The predicted octanol–water partition coefficient (Wildman–Crippen LogP) is 17.4. The zero-order valence-corrected chi connectivity index (χ0v) is 88.2. The molecule has 5 aliphatic carbocycles. The summed E-state index contributed by atoms with van der Waals surface area (Å²) in [7, 11) is 18.5. The molecule has 5 aromatic carbocycles. The van der Waals surface area contributed by atoms with Gasteiger partial charge in [0.2, 0.25) is 0 Å². The van der Waals surface area contributed by atoms with Crippen molar-refractivity contribution in [3.05, 3.63) is 284 Å². The van der Waals surface area contributed by atoms with E-state index in [4.69, 9.17) is 23.7 Å². The summed E-state index contributed by atoms with van der Waals surface area (Å²) in [5.74, 6) is 2.46. The number of aromatic nitrogens is 5. The Morgan fingerprint density at radius 2 is 0.676 bits per heavy atom. The van der Waals surface area contributed by atoms with E-state index < -0.39 is 41.1 Å². The Morgan fingerprint density at radius 3 is 1.03 bits per heavy atom. The number of allylic oxidation sites excluding steroid dienone is 2. The number of ether oxygens (including phenoxy) is 5. The number of nitrogens with one attached hydrogen (secondary N) is 2. The van der Waals surface area contributed by atoms with Crippen molar-refractivity contribution in [2.24, 2.45) is 5.92 Å². The van der Waals surface area contributed by atoms with E-state index in [2.05, 4.69) is 148 Å². The zero-order chi connectivity index (χ0) is 107. The highest BCUT2D eigenvalue weighted by atomic mass is 79.9. The first kappa shape index (κ1) is 114. The van der Waals surface area contributed by atoms with Crippen LogP contribution in [-0.4, -0.2) is 293 Å². The summed E-state index contributed by atoms with van der Waals surface area (Å²) in [6, 6.07) is 32.6. The van der Waals surface area contributed by atoms with E-state index >= 15 is 0 Å². The van der Waals surface area contributed by atoms with Gasteiger partial charge >= 0.3 is 18.5 Å². The lowest BCUT2D eigenvalue weighted by Crippen LogP contribution is -2.44. The van der Waals surface area contributed by atoms with Crippen LogP contribution in [0.15, 0.2) is 172 Å². The molecule has 5 saturated heterocycles. The zero-order valence-electron chi connectivity index (χ0n) is 85.0. The van der Waals surface area contributed by atoms with E-state index in [9.17, 15) is 73.1 Å². The molecule has 20 rings (SSSR count). The molecule has 788 valence electrons. The number of pyridine rings is 5. The van der Waals surface area contributed by atoms with E-state index in [1.54, 1.807) is 65.1 Å². The summed E-state index contributed by atoms with van der Waals surface area (Å²) in [6.07, 6.45) is 1.47. The number of nitrogens with zero attached hydrogens (tertiary/aromatic N) is 13. The SMILES string of the molecule is CN1CCNCC1.CN1CCNCC1.COc1cc2c(cc1Br)C/C(=C\c1ncccc1C(F)(F)F)C2=O.COc1cc2c(cc1Br)CCC2=O.COc1cc2c(cc1N1CCN(C)CC1)C/C(=C\c1ncccc1C(F)(F)F)C2=O.COc1cc2c(cc1N1CCN(C)CC1)CC(Cc1ncccc1C(F)(F)F)C2=O.COc1cc2c(cc1N1CCN(C)CC1)CCC2=O.Cc1cccnc1C=O.Cc1cccnc1C=O. The van der Waals surface area contributed by atoms with Gasteiger partial charge in [0.05, 0.1) is 95.3 Å². The number of hydrogen-bond acceptors (Lipinski definition) is 27. The van der Waals surface area contributed by atoms with Crippen LogP contribution in [0.4, 0.5) is 56.6 Å². The second-order valence-electron chi connectivity index (χ2n) is 37.0. The van der Waals surface area contributed by atoms with Gasteiger partial charge in [-0.15, -0.1) is 0 Å². The van der Waals surface area contributed by atoms with Crippen LogP contribution in [0.2, 0.25) is 0 Å². The van der Waals surface area contributed by atoms with Crippen molar-refractivity contribution in [2.75, 3.05) is 216 Å². The molecule has 0 amide bonds. The summed E-state index contributed by atoms with van der Waals surface area (Å²) in [5.41, 5.74) is 11.2. The van der Waals surface area contributed by atoms with Crippen LogP contribution in [0.25, 0.3) is 12.2 Å². The maximum Gasteiger partial charge on any atom is 0.418 e. The van der Waals surface area contributed by atoms with E-state index in [-0.39, 0.29) is 70.8 Å². The summed E-state index contributed by atoms with van der Waals surface area (Å²) < 4.78 is 147. The first-order valence-corrected chi connectivity index (χ1v) is 50.2. The number of rotatable bonds is 14. The maximum atomic E-state index is 13.3. The average Bonchev–Trinajstić information content (AvgIpc) is 1.62. The molecule has 10 heterocycles. The molecule has 148 heavy (non-hydrogen) atoms. The van der Waals surface area contributed by atoms with E-state index in [0.717, 1.165) is 226 Å². The van der Waals surface area contributed by atoms with Gasteiger partial charge in [-0.05, 0) is 260 Å². The number of aryl methyl sites for hydroxylation is 4. The van der Waals surface area contributed by atoms with Crippen LogP contribution in [0.3, 0.4) is 0 Å². The van der Waals surface area contributed by atoms with Crippen molar-refractivity contribution in [1.29, 1.82) is 0 Å². The normalized spacial score (nSPS) is 17.7. The Hall–Kier alpha value is -12.5. The van der Waals surface area contributed by atoms with Crippen LogP contribution in [0.5, 0.6) is 28.7 Å². The molecule has 0 saturated carbocycles. The molecular weight excluding hydrogens is 2050 g/mol. The number of aldehydes is 2. The number of Topliss-reactive ketones (excluding diaryl/α,β-unsaturated/α-hetero) is 5. The van der Waals surface area contributed by atoms with Crippen molar-refractivity contribution < 1.29 is 96.8 Å². The van der Waals surface area contributed by atoms with Gasteiger partial charge in [0, 0.05) is 239 Å². The third-order valence-electron chi connectivity index (χ3n) is 26.8. The second-order valence-corrected chi connectivity index (χ2v) is 38.7. The Kier molecular flexibility index (Phi) is 40.9. The third-order valence-corrected chi connectivity index (χ3v) is 28.1. The molecule has 27 nitrogen and oxygen atoms in total. The number of carbonyl (C=O) groups excluding carboxylic acids is 7. The molecule has 0 bridgehead atoms. The van der Waals surface area contributed by atoms with Gasteiger partial charge in [-0.1, -0.05) is 12.1 Å². The highest BCUT2D eigenvalue weighted by molar-refractivity contribution is 9.11. The Bertz CT molecular complexity index is 6350. The van der Waals surface area contributed by atoms with Crippen LogP contribution in [0, 0.1) is 19.8 Å². The number of piperazine rings is 5. The standard InChI is InChI=1S/C22H24F3N3O2.C22H22F3N3O2.C17H11BrF3NO2.C15H20N2O2.C10H9BrO2.2C7H7NO.2C5H12N2/c2*1-27-6-8-28(9-7-27)19-12-14-10-15(21(29)16(14)13-20(19)30-2)11-18-17(22(23,24)25)4-3-5-26-18;1-24-15-8-11-9(6-13(15)18)5-10(16(11)23)7-14-12(17(19,20)21)3-2-4-22-14;1-16-5-7-17(8-6-16)13-9-11-3-4-14(18)12(11)10-15(13)19-2;1-13-10-5-7-6(4-8(10)11)2-3-9(7)12;2*1-6-3-2-4-8-7(6)5-9;2*1-7-4-2-6-3-5-7/h3-5,12-13,15H,6-11H2,1-2H3;3-5,11-13H,6-10H2,1-2H3;2-4,6-8H,5H2,1H3;9-10H,3-8H2,1-2H3;4-5H,2-3H2,1H3;2*2-5H,1H3;2*6H,2-5H2,1H3/b;15-11+;10-7+;;;;;;. The van der Waals surface area contributed by atoms with E-state index in [1.807, 2.05) is 68.4 Å². The minimum Gasteiger partial charge on any atom is -0.496 e. The van der Waals surface area contributed by atoms with Crippen LogP contribution in [-0.2, 0) is 57.1 Å². The van der Waals surface area contributed by atoms with Crippen molar-refractivity contribution in [1.82, 2.24) is 60.1 Å². The lowest BCUT2D eigenvalue weighted by atomic mass is 9.96. The molecule has 38 heteroatoms. The fourth-order valence-electron chi connectivity index (χ4n) is 18.2. The highest BCUT2D eigenvalue weighted by Crippen LogP contribution is 2.45. The molecule has 5 aliphatic heterocycles. The Labute approximate surface area is 873 Å². The number of anilines is 3.